The van der Waals surface area contributed by atoms with E-state index in [1.54, 1.807) is 5.19 Å². The Morgan fingerprint density at radius 2 is 1.56 bits per heavy atom. The third kappa shape index (κ3) is 3.71. The van der Waals surface area contributed by atoms with E-state index in [2.05, 4.69) is 111 Å². The van der Waals surface area contributed by atoms with E-state index in [9.17, 15) is 0 Å². The van der Waals surface area contributed by atoms with Gasteiger partial charge in [0, 0.05) is 6.07 Å². The summed E-state index contributed by atoms with van der Waals surface area (Å²) in [6.07, 6.45) is 7.94. The van der Waals surface area contributed by atoms with Crippen LogP contribution in [0.25, 0.3) is 33.2 Å². The van der Waals surface area contributed by atoms with Gasteiger partial charge in [0.05, 0.1) is 19.0 Å². The molecule has 1 aromatic heterocycles. The predicted octanol–water partition coefficient (Wildman–Crippen LogP) is 7.17. The second-order valence-electron chi connectivity index (χ2n) is 10.2. The zero-order chi connectivity index (χ0) is 22.3. The van der Waals surface area contributed by atoms with E-state index >= 15 is 0 Å². The summed E-state index contributed by atoms with van der Waals surface area (Å²) in [5.74, 6) is 0. The summed E-state index contributed by atoms with van der Waals surface area (Å²) < 4.78 is 2.29. The molecule has 0 radical (unpaired) electrons. The molecule has 162 valence electrons. The first-order valence-electron chi connectivity index (χ1n) is 12.0. The van der Waals surface area contributed by atoms with Gasteiger partial charge in [-0.1, -0.05) is 98.6 Å². The minimum absolute atomic E-state index is 0.934. The van der Waals surface area contributed by atoms with Crippen molar-refractivity contribution in [1.29, 1.82) is 0 Å². The second-order valence-corrected chi connectivity index (χ2v) is 15.0. The predicted molar refractivity (Wildman–Crippen MR) is 140 cm³/mol. The molecular weight excluding hydrogens is 402 g/mol. The van der Waals surface area contributed by atoms with Crippen LogP contribution in [0.15, 0.2) is 79.0 Å². The number of hydrogen-bond acceptors (Lipinski definition) is 0. The van der Waals surface area contributed by atoms with Crippen LogP contribution in [0.1, 0.15) is 31.2 Å². The lowest BCUT2D eigenvalue weighted by Crippen LogP contribution is -2.45. The number of rotatable bonds is 4. The molecule has 0 aliphatic heterocycles. The molecule has 0 atom stereocenters. The summed E-state index contributed by atoms with van der Waals surface area (Å²) in [5, 5.41) is 4.34. The Labute approximate surface area is 193 Å². The normalized spacial score (nSPS) is 14.9. The Kier molecular flexibility index (Phi) is 5.50. The van der Waals surface area contributed by atoms with Crippen molar-refractivity contribution in [3.05, 3.63) is 84.6 Å². The summed E-state index contributed by atoms with van der Waals surface area (Å²) in [6, 6.07) is 27.2. The average Bonchev–Trinajstić information content (AvgIpc) is 3.36. The standard InChI is InChI=1S/C30H34NSi/c1-22-14-15-24(23-10-6-5-7-11-23)21-29(22)30-28-17-16-27(20-25(28)18-19-31(30)2)32(3,4)26-12-8-9-13-26/h5-7,10-11,14-21,26H,8-9,12-13H2,1-4H3/q+1. The van der Waals surface area contributed by atoms with Crippen LogP contribution in [-0.2, 0) is 7.05 Å². The quantitative estimate of drug-likeness (QED) is 0.236. The highest BCUT2D eigenvalue weighted by Gasteiger charge is 2.35. The SMILES string of the molecule is Cc1ccc(-c2ccccc2)cc1-c1c2ccc([Si](C)(C)C3CCCC3)cc2cc[n+]1C. The van der Waals surface area contributed by atoms with Gasteiger partial charge < -0.3 is 0 Å². The van der Waals surface area contributed by atoms with Crippen molar-refractivity contribution in [3.63, 3.8) is 0 Å². The second kappa shape index (κ2) is 8.33. The van der Waals surface area contributed by atoms with E-state index in [0.29, 0.717) is 0 Å². The van der Waals surface area contributed by atoms with Gasteiger partial charge in [0.15, 0.2) is 6.20 Å². The fourth-order valence-electron chi connectivity index (χ4n) is 5.68. The van der Waals surface area contributed by atoms with Crippen LogP contribution in [0.4, 0.5) is 0 Å². The van der Waals surface area contributed by atoms with Crippen LogP contribution in [0, 0.1) is 6.92 Å². The van der Waals surface area contributed by atoms with Crippen LogP contribution < -0.4 is 9.75 Å². The fraction of sp³-hybridized carbons (Fsp3) is 0.300. The van der Waals surface area contributed by atoms with Crippen LogP contribution in [0.5, 0.6) is 0 Å². The fourth-order valence-corrected chi connectivity index (χ4v) is 9.04. The van der Waals surface area contributed by atoms with Gasteiger partial charge in [0.2, 0.25) is 5.69 Å². The third-order valence-electron chi connectivity index (χ3n) is 7.86. The minimum Gasteiger partial charge on any atom is -0.200 e. The molecule has 32 heavy (non-hydrogen) atoms. The molecule has 0 saturated heterocycles. The maximum absolute atomic E-state index is 2.58. The summed E-state index contributed by atoms with van der Waals surface area (Å²) in [4.78, 5) is 0. The molecule has 1 saturated carbocycles. The van der Waals surface area contributed by atoms with Gasteiger partial charge in [0.25, 0.3) is 0 Å². The molecular formula is C30H34NSi+. The Morgan fingerprint density at radius 1 is 0.812 bits per heavy atom. The largest absolute Gasteiger partial charge is 0.220 e. The van der Waals surface area contributed by atoms with Crippen molar-refractivity contribution in [2.45, 2.75) is 51.2 Å². The maximum atomic E-state index is 2.58. The van der Waals surface area contributed by atoms with Crippen molar-refractivity contribution in [3.8, 4) is 22.4 Å². The van der Waals surface area contributed by atoms with Gasteiger partial charge in [-0.05, 0) is 46.7 Å². The van der Waals surface area contributed by atoms with Crippen molar-refractivity contribution in [1.82, 2.24) is 0 Å². The first-order chi connectivity index (χ1) is 15.4. The van der Waals surface area contributed by atoms with E-state index in [4.69, 9.17) is 0 Å². The summed E-state index contributed by atoms with van der Waals surface area (Å²) >= 11 is 0. The molecule has 1 nitrogen and oxygen atoms in total. The summed E-state index contributed by atoms with van der Waals surface area (Å²) in [6.45, 7) is 7.40. The zero-order valence-corrected chi connectivity index (χ0v) is 20.9. The Hall–Kier alpha value is -2.71. The van der Waals surface area contributed by atoms with E-state index < -0.39 is 8.07 Å². The molecule has 1 heterocycles. The summed E-state index contributed by atoms with van der Waals surface area (Å²) in [5.41, 5.74) is 7.42. The molecule has 3 aromatic carbocycles. The molecule has 5 rings (SSSR count). The van der Waals surface area contributed by atoms with Crippen molar-refractivity contribution in [2.75, 3.05) is 0 Å². The number of pyridine rings is 1. The van der Waals surface area contributed by atoms with Crippen LogP contribution in [0.2, 0.25) is 18.6 Å². The van der Waals surface area contributed by atoms with Gasteiger partial charge in [-0.2, -0.15) is 0 Å². The molecule has 0 bridgehead atoms. The smallest absolute Gasteiger partial charge is 0.200 e. The van der Waals surface area contributed by atoms with E-state index in [0.717, 1.165) is 5.54 Å². The van der Waals surface area contributed by atoms with Crippen molar-refractivity contribution < 1.29 is 4.57 Å². The van der Waals surface area contributed by atoms with Crippen LogP contribution in [-0.4, -0.2) is 8.07 Å². The first-order valence-corrected chi connectivity index (χ1v) is 15.1. The molecule has 0 spiro atoms. The average molecular weight is 437 g/mol. The number of benzene rings is 3. The lowest BCUT2D eigenvalue weighted by Gasteiger charge is -2.30. The lowest BCUT2D eigenvalue weighted by molar-refractivity contribution is -0.659. The highest BCUT2D eigenvalue weighted by atomic mass is 28.3. The first kappa shape index (κ1) is 21.1. The lowest BCUT2D eigenvalue weighted by atomic mass is 9.95. The number of aryl methyl sites for hydroxylation is 2. The zero-order valence-electron chi connectivity index (χ0n) is 19.9. The van der Waals surface area contributed by atoms with Crippen molar-refractivity contribution in [2.24, 2.45) is 7.05 Å². The number of nitrogens with zero attached hydrogens (tertiary/aromatic N) is 1. The van der Waals surface area contributed by atoms with Crippen molar-refractivity contribution >= 4 is 24.0 Å². The highest BCUT2D eigenvalue weighted by molar-refractivity contribution is 6.91. The molecule has 4 aromatic rings. The monoisotopic (exact) mass is 436 g/mol. The number of hydrogen-bond donors (Lipinski definition) is 0. The third-order valence-corrected chi connectivity index (χ3v) is 12.3. The number of fused-ring (bicyclic) bond motifs is 1. The van der Waals surface area contributed by atoms with Crippen LogP contribution >= 0.6 is 0 Å². The maximum Gasteiger partial charge on any atom is 0.220 e. The molecule has 0 unspecified atom stereocenters. The number of aromatic nitrogens is 1. The van der Waals surface area contributed by atoms with Crippen LogP contribution in [0.3, 0.4) is 0 Å². The van der Waals surface area contributed by atoms with Gasteiger partial charge in [-0.25, -0.2) is 4.57 Å². The minimum atomic E-state index is -1.44. The van der Waals surface area contributed by atoms with E-state index in [-0.39, 0.29) is 0 Å². The molecule has 0 amide bonds. The van der Waals surface area contributed by atoms with Gasteiger partial charge in [-0.15, -0.1) is 0 Å². The Bertz CT molecular complexity index is 1270. The topological polar surface area (TPSA) is 3.88 Å². The highest BCUT2D eigenvalue weighted by Crippen LogP contribution is 2.39. The van der Waals surface area contributed by atoms with Gasteiger partial charge in [0.1, 0.15) is 7.05 Å². The van der Waals surface area contributed by atoms with E-state index in [1.807, 2.05) is 0 Å². The van der Waals surface area contributed by atoms with Gasteiger partial charge in [-0.3, -0.25) is 0 Å². The van der Waals surface area contributed by atoms with Gasteiger partial charge >= 0.3 is 0 Å². The molecule has 1 aliphatic carbocycles. The van der Waals surface area contributed by atoms with E-state index in [1.165, 1.54) is 64.4 Å². The molecule has 2 heteroatoms. The Balaban J connectivity index is 1.64. The molecule has 0 N–H and O–H groups in total. The molecule has 1 aliphatic rings. The summed E-state index contributed by atoms with van der Waals surface area (Å²) in [7, 11) is 0.731. The Morgan fingerprint density at radius 3 is 2.31 bits per heavy atom. The molecule has 1 fully saturated rings.